The summed E-state index contributed by atoms with van der Waals surface area (Å²) in [5, 5.41) is 27.0. The van der Waals surface area contributed by atoms with Crippen LogP contribution in [0.3, 0.4) is 0 Å². The standard InChI is InChI=1S/C22H19N3O5/c1-13-6-5-7-15(10-13)24-21(23-17-9-4-3-8-16(17)22(24)27)14-11-18(25(28)29)20(26)19(12-14)30-2/h3-12,21,23,26H,1-2H3/p-1/t21-/m1/s1. The third-order valence-corrected chi connectivity index (χ3v) is 5.00. The van der Waals surface area contributed by atoms with E-state index >= 15 is 0 Å². The molecule has 1 amide bonds. The number of hydrogen-bond donors (Lipinski definition) is 1. The van der Waals surface area contributed by atoms with Gasteiger partial charge in [-0.2, -0.15) is 0 Å². The Bertz CT molecular complexity index is 1160. The zero-order valence-electron chi connectivity index (χ0n) is 16.3. The number of anilines is 2. The van der Waals surface area contributed by atoms with Crippen molar-refractivity contribution in [3.05, 3.63) is 87.5 Å². The Morgan fingerprint density at radius 1 is 1.10 bits per heavy atom. The summed E-state index contributed by atoms with van der Waals surface area (Å²) in [6.07, 6.45) is -0.776. The smallest absolute Gasteiger partial charge is 0.265 e. The van der Waals surface area contributed by atoms with Gasteiger partial charge in [0.15, 0.2) is 0 Å². The van der Waals surface area contributed by atoms with Gasteiger partial charge in [-0.05, 0) is 42.8 Å². The van der Waals surface area contributed by atoms with Crippen molar-refractivity contribution in [2.24, 2.45) is 0 Å². The van der Waals surface area contributed by atoms with Gasteiger partial charge in [0.05, 0.1) is 17.6 Å². The number of hydrogen-bond acceptors (Lipinski definition) is 6. The highest BCUT2D eigenvalue weighted by molar-refractivity contribution is 6.12. The Labute approximate surface area is 172 Å². The molecule has 0 unspecified atom stereocenters. The van der Waals surface area contributed by atoms with E-state index in [1.165, 1.54) is 24.1 Å². The first-order valence-corrected chi connectivity index (χ1v) is 9.20. The topological polar surface area (TPSA) is 108 Å². The predicted octanol–water partition coefficient (Wildman–Crippen LogP) is 3.76. The van der Waals surface area contributed by atoms with Crippen LogP contribution < -0.4 is 20.1 Å². The fraction of sp³-hybridized carbons (Fsp3) is 0.136. The van der Waals surface area contributed by atoms with Crippen molar-refractivity contribution < 1.29 is 19.6 Å². The van der Waals surface area contributed by atoms with Crippen LogP contribution in [0.25, 0.3) is 0 Å². The van der Waals surface area contributed by atoms with E-state index in [9.17, 15) is 20.0 Å². The van der Waals surface area contributed by atoms with Crippen LogP contribution in [0.5, 0.6) is 11.5 Å². The zero-order chi connectivity index (χ0) is 21.4. The molecule has 0 saturated heterocycles. The van der Waals surface area contributed by atoms with Crippen molar-refractivity contribution in [2.75, 3.05) is 17.3 Å². The van der Waals surface area contributed by atoms with Gasteiger partial charge in [0.2, 0.25) is 0 Å². The van der Waals surface area contributed by atoms with Gasteiger partial charge in [0, 0.05) is 28.8 Å². The fourth-order valence-electron chi connectivity index (χ4n) is 3.58. The minimum atomic E-state index is -0.809. The molecular formula is C22H18N3O5-. The minimum absolute atomic E-state index is 0.156. The molecule has 1 heterocycles. The number of ether oxygens (including phenoxy) is 1. The van der Waals surface area contributed by atoms with E-state index in [1.54, 1.807) is 30.3 Å². The van der Waals surface area contributed by atoms with Crippen LogP contribution in [-0.4, -0.2) is 17.9 Å². The molecule has 0 bridgehead atoms. The molecule has 0 radical (unpaired) electrons. The summed E-state index contributed by atoms with van der Waals surface area (Å²) in [7, 11) is 1.28. The number of para-hydroxylation sites is 1. The van der Waals surface area contributed by atoms with Gasteiger partial charge in [-0.1, -0.05) is 24.3 Å². The normalized spacial score (nSPS) is 15.3. The molecule has 1 N–H and O–H groups in total. The molecule has 0 fully saturated rings. The summed E-state index contributed by atoms with van der Waals surface area (Å²) in [6, 6.07) is 17.1. The van der Waals surface area contributed by atoms with E-state index in [0.29, 0.717) is 22.5 Å². The maximum absolute atomic E-state index is 13.4. The molecule has 0 aromatic heterocycles. The van der Waals surface area contributed by atoms with Gasteiger partial charge in [-0.25, -0.2) is 0 Å². The molecule has 3 aromatic carbocycles. The first kappa shape index (κ1) is 19.3. The molecule has 3 aromatic rings. The quantitative estimate of drug-likeness (QED) is 0.524. The highest BCUT2D eigenvalue weighted by atomic mass is 16.6. The number of carbonyl (C=O) groups is 1. The molecule has 8 heteroatoms. The fourth-order valence-corrected chi connectivity index (χ4v) is 3.58. The van der Waals surface area contributed by atoms with Crippen LogP contribution in [0.15, 0.2) is 60.7 Å². The molecule has 152 valence electrons. The lowest BCUT2D eigenvalue weighted by atomic mass is 10.0. The summed E-state index contributed by atoms with van der Waals surface area (Å²) in [5.41, 5.74) is 2.42. The van der Waals surface area contributed by atoms with E-state index in [1.807, 2.05) is 25.1 Å². The second-order valence-electron chi connectivity index (χ2n) is 6.94. The maximum Gasteiger partial charge on any atom is 0.265 e. The Hall–Kier alpha value is -4.07. The molecule has 30 heavy (non-hydrogen) atoms. The molecular weight excluding hydrogens is 386 g/mol. The molecule has 1 atom stereocenters. The number of nitrogens with zero attached hydrogens (tertiary/aromatic N) is 2. The maximum atomic E-state index is 13.4. The number of fused-ring (bicyclic) bond motifs is 1. The molecule has 8 nitrogen and oxygen atoms in total. The van der Waals surface area contributed by atoms with Gasteiger partial charge in [0.1, 0.15) is 11.9 Å². The van der Waals surface area contributed by atoms with Crippen molar-refractivity contribution in [1.82, 2.24) is 0 Å². The number of nitrogens with one attached hydrogen (secondary N) is 1. The Morgan fingerprint density at radius 3 is 2.57 bits per heavy atom. The average Bonchev–Trinajstić information content (AvgIpc) is 2.73. The van der Waals surface area contributed by atoms with Gasteiger partial charge < -0.3 is 15.2 Å². The van der Waals surface area contributed by atoms with E-state index in [4.69, 9.17) is 4.74 Å². The van der Waals surface area contributed by atoms with E-state index < -0.39 is 22.5 Å². The van der Waals surface area contributed by atoms with E-state index in [2.05, 4.69) is 5.32 Å². The number of rotatable bonds is 4. The minimum Gasteiger partial charge on any atom is -0.865 e. The third kappa shape index (κ3) is 3.18. The Kier molecular flexibility index (Phi) is 4.75. The molecule has 1 aliphatic heterocycles. The van der Waals surface area contributed by atoms with Crippen molar-refractivity contribution in [3.8, 4) is 11.5 Å². The first-order chi connectivity index (χ1) is 14.4. The van der Waals surface area contributed by atoms with Gasteiger partial charge in [-0.3, -0.25) is 19.8 Å². The summed E-state index contributed by atoms with van der Waals surface area (Å²) < 4.78 is 5.08. The van der Waals surface area contributed by atoms with E-state index in [0.717, 1.165) is 5.56 Å². The number of benzene rings is 3. The van der Waals surface area contributed by atoms with Crippen molar-refractivity contribution >= 4 is 23.0 Å². The summed E-state index contributed by atoms with van der Waals surface area (Å²) in [5.74, 6) is -1.22. The van der Waals surface area contributed by atoms with E-state index in [-0.39, 0.29) is 11.7 Å². The van der Waals surface area contributed by atoms with Crippen LogP contribution in [-0.2, 0) is 0 Å². The van der Waals surface area contributed by atoms with Crippen molar-refractivity contribution in [2.45, 2.75) is 13.1 Å². The lowest BCUT2D eigenvalue weighted by Gasteiger charge is -2.38. The average molecular weight is 404 g/mol. The van der Waals surface area contributed by atoms with Crippen LogP contribution in [0.1, 0.15) is 27.7 Å². The number of nitro groups is 1. The molecule has 0 saturated carbocycles. The summed E-state index contributed by atoms with van der Waals surface area (Å²) in [6.45, 7) is 1.91. The number of methoxy groups -OCH3 is 1. The third-order valence-electron chi connectivity index (χ3n) is 5.00. The Morgan fingerprint density at radius 2 is 1.87 bits per heavy atom. The number of amides is 1. The largest absolute Gasteiger partial charge is 0.865 e. The lowest BCUT2D eigenvalue weighted by Crippen LogP contribution is -2.43. The molecule has 4 rings (SSSR count). The lowest BCUT2D eigenvalue weighted by molar-refractivity contribution is -0.398. The summed E-state index contributed by atoms with van der Waals surface area (Å²) in [4.78, 5) is 25.6. The van der Waals surface area contributed by atoms with Crippen LogP contribution in [0, 0.1) is 17.0 Å². The van der Waals surface area contributed by atoms with Crippen LogP contribution in [0.2, 0.25) is 0 Å². The molecule has 0 spiro atoms. The van der Waals surface area contributed by atoms with Crippen LogP contribution in [0.4, 0.5) is 17.1 Å². The van der Waals surface area contributed by atoms with Gasteiger partial charge in [0.25, 0.3) is 11.6 Å². The predicted molar refractivity (Wildman–Crippen MR) is 110 cm³/mol. The second-order valence-corrected chi connectivity index (χ2v) is 6.94. The first-order valence-electron chi connectivity index (χ1n) is 9.20. The van der Waals surface area contributed by atoms with Crippen LogP contribution >= 0.6 is 0 Å². The Balaban J connectivity index is 1.93. The summed E-state index contributed by atoms with van der Waals surface area (Å²) >= 11 is 0. The zero-order valence-corrected chi connectivity index (χ0v) is 16.3. The SMILES string of the molecule is COc1cc([C@@H]2Nc3ccccc3C(=O)N2c2cccc(C)c2)cc([N+](=O)[O-])c1[O-]. The monoisotopic (exact) mass is 404 g/mol. The second kappa shape index (κ2) is 7.40. The number of carbonyl (C=O) groups excluding carboxylic acids is 1. The highest BCUT2D eigenvalue weighted by Crippen LogP contribution is 2.41. The number of aryl methyl sites for hydroxylation is 1. The van der Waals surface area contributed by atoms with Gasteiger partial charge >= 0.3 is 0 Å². The number of nitro benzene ring substituents is 1. The van der Waals surface area contributed by atoms with Gasteiger partial charge in [-0.15, -0.1) is 0 Å². The highest BCUT2D eigenvalue weighted by Gasteiger charge is 2.35. The van der Waals surface area contributed by atoms with Crippen molar-refractivity contribution in [3.63, 3.8) is 0 Å². The molecule has 1 aliphatic rings. The molecule has 0 aliphatic carbocycles. The van der Waals surface area contributed by atoms with Crippen molar-refractivity contribution in [1.29, 1.82) is 0 Å².